The lowest BCUT2D eigenvalue weighted by Crippen LogP contribution is -2.47. The van der Waals surface area contributed by atoms with Crippen LogP contribution in [0.25, 0.3) is 33.2 Å². The summed E-state index contributed by atoms with van der Waals surface area (Å²) in [6, 6.07) is 39.9. The summed E-state index contributed by atoms with van der Waals surface area (Å²) >= 11 is 0. The van der Waals surface area contributed by atoms with Gasteiger partial charge in [-0.25, -0.2) is 9.78 Å². The van der Waals surface area contributed by atoms with Crippen molar-refractivity contribution >= 4 is 28.0 Å². The zero-order valence-electron chi connectivity index (χ0n) is 32.3. The van der Waals surface area contributed by atoms with Crippen molar-refractivity contribution < 1.29 is 19.4 Å². The molecule has 5 aromatic carbocycles. The molecule has 0 saturated carbocycles. The van der Waals surface area contributed by atoms with E-state index in [9.17, 15) is 14.7 Å². The van der Waals surface area contributed by atoms with Crippen LogP contribution in [0, 0.1) is 5.92 Å². The highest BCUT2D eigenvalue weighted by atomic mass is 16.7. The average molecular weight is 775 g/mol. The lowest BCUT2D eigenvalue weighted by atomic mass is 9.89. The highest BCUT2D eigenvalue weighted by Crippen LogP contribution is 2.43. The van der Waals surface area contributed by atoms with Gasteiger partial charge in [-0.15, -0.1) is 0 Å². The molecule has 0 unspecified atom stereocenters. The predicted molar refractivity (Wildman–Crippen MR) is 223 cm³/mol. The number of rotatable bonds is 10. The van der Waals surface area contributed by atoms with Crippen LogP contribution in [0.15, 0.2) is 132 Å². The van der Waals surface area contributed by atoms with Gasteiger partial charge < -0.3 is 29.8 Å². The summed E-state index contributed by atoms with van der Waals surface area (Å²) in [7, 11) is 0. The maximum Gasteiger partial charge on any atom is 0.326 e. The minimum absolute atomic E-state index is 0.0180. The van der Waals surface area contributed by atoms with Crippen LogP contribution in [-0.4, -0.2) is 61.2 Å². The Balaban J connectivity index is 0.914. The van der Waals surface area contributed by atoms with Crippen molar-refractivity contribution in [3.63, 3.8) is 0 Å². The Bertz CT molecular complexity index is 2610. The monoisotopic (exact) mass is 774 g/mol. The number of hydrogen-bond donors (Lipinski definition) is 3. The SMILES string of the molecule is C[C@@H]1[C@H](CN2CCC(n3c(=O)[nH]c4ccccc43)CC2)O[C@H](c2cccc(-c3cccc(CNC(=O)c4cnc5ccccc5n4)c3)c2)O[C@@H]1c1ccc(CO)cc1. The molecule has 58 heavy (non-hydrogen) atoms. The molecule has 1 amide bonds. The summed E-state index contributed by atoms with van der Waals surface area (Å²) in [5.41, 5.74) is 9.25. The fraction of sp³-hybridized carbons (Fsp3) is 0.277. The molecule has 2 aliphatic rings. The van der Waals surface area contributed by atoms with Crippen LogP contribution in [0.1, 0.15) is 70.9 Å². The number of carbonyl (C=O) groups excluding carboxylic acids is 1. The van der Waals surface area contributed by atoms with E-state index in [-0.39, 0.29) is 48.1 Å². The number of imidazole rings is 1. The molecular weight excluding hydrogens is 729 g/mol. The maximum absolute atomic E-state index is 13.0. The third-order valence-electron chi connectivity index (χ3n) is 11.7. The Labute approximate surface area is 336 Å². The number of carbonyl (C=O) groups is 1. The van der Waals surface area contributed by atoms with Crippen molar-refractivity contribution in [2.75, 3.05) is 19.6 Å². The van der Waals surface area contributed by atoms with E-state index in [1.807, 2.05) is 102 Å². The van der Waals surface area contributed by atoms with Crippen LogP contribution in [-0.2, 0) is 22.6 Å². The average Bonchev–Trinajstić information content (AvgIpc) is 3.62. The van der Waals surface area contributed by atoms with E-state index in [4.69, 9.17) is 9.47 Å². The van der Waals surface area contributed by atoms with Crippen molar-refractivity contribution in [1.82, 2.24) is 29.7 Å². The van der Waals surface area contributed by atoms with Crippen molar-refractivity contribution in [2.45, 2.75) is 57.5 Å². The molecular formula is C47H46N6O5. The van der Waals surface area contributed by atoms with E-state index in [0.717, 1.165) is 82.4 Å². The van der Waals surface area contributed by atoms with Gasteiger partial charge in [-0.2, -0.15) is 0 Å². The number of likely N-dealkylation sites (tertiary alicyclic amines) is 1. The molecule has 2 aromatic heterocycles. The van der Waals surface area contributed by atoms with Crippen LogP contribution in [0.2, 0.25) is 0 Å². The predicted octanol–water partition coefficient (Wildman–Crippen LogP) is 7.49. The first-order chi connectivity index (χ1) is 28.4. The van der Waals surface area contributed by atoms with Gasteiger partial charge >= 0.3 is 5.69 Å². The molecule has 4 heterocycles. The number of nitrogens with zero attached hydrogens (tertiary/aromatic N) is 4. The topological polar surface area (TPSA) is 135 Å². The van der Waals surface area contributed by atoms with Gasteiger partial charge in [-0.3, -0.25) is 14.3 Å². The Morgan fingerprint density at radius 1 is 0.828 bits per heavy atom. The second-order valence-electron chi connectivity index (χ2n) is 15.4. The van der Waals surface area contributed by atoms with Crippen LogP contribution in [0.4, 0.5) is 0 Å². The van der Waals surface area contributed by atoms with E-state index >= 15 is 0 Å². The first kappa shape index (κ1) is 37.6. The van der Waals surface area contributed by atoms with E-state index in [2.05, 4.69) is 56.4 Å². The van der Waals surface area contributed by atoms with Crippen molar-refractivity contribution in [3.8, 4) is 11.1 Å². The standard InChI is InChI=1S/C47H46N6O5/c1-30-43(28-52-22-20-37(21-23-52)53-42-15-5-4-14-40(42)51-47(53)56)57-46(58-44(30)33-18-16-31(29-54)17-19-33)36-11-7-10-35(25-36)34-9-6-8-32(24-34)26-49-45(55)41-27-48-38-12-2-3-13-39(38)50-41/h2-19,24-25,27,30,37,43-44,46,54H,20-23,26,28-29H2,1H3,(H,49,55)(H,51,56)/t30-,43+,44+,46+/m1/s1. The molecule has 0 spiro atoms. The second-order valence-corrected chi connectivity index (χ2v) is 15.4. The number of aromatic amines is 1. The van der Waals surface area contributed by atoms with Crippen LogP contribution in [0.5, 0.6) is 0 Å². The van der Waals surface area contributed by atoms with E-state index in [1.54, 1.807) is 0 Å². The van der Waals surface area contributed by atoms with Gasteiger partial charge in [0.1, 0.15) is 5.69 Å². The Morgan fingerprint density at radius 3 is 2.38 bits per heavy atom. The molecule has 2 fully saturated rings. The molecule has 0 aliphatic carbocycles. The molecule has 0 radical (unpaired) electrons. The highest BCUT2D eigenvalue weighted by molar-refractivity contribution is 5.93. The van der Waals surface area contributed by atoms with Gasteiger partial charge in [-0.1, -0.05) is 91.9 Å². The zero-order valence-corrected chi connectivity index (χ0v) is 32.3. The second kappa shape index (κ2) is 16.5. The molecule has 2 saturated heterocycles. The number of nitrogens with one attached hydrogen (secondary N) is 2. The number of piperidine rings is 1. The number of ether oxygens (including phenoxy) is 2. The van der Waals surface area contributed by atoms with Crippen LogP contribution >= 0.6 is 0 Å². The van der Waals surface area contributed by atoms with Gasteiger partial charge in [-0.05, 0) is 77.1 Å². The van der Waals surface area contributed by atoms with Crippen LogP contribution < -0.4 is 11.0 Å². The first-order valence-electron chi connectivity index (χ1n) is 20.0. The third-order valence-corrected chi connectivity index (χ3v) is 11.7. The van der Waals surface area contributed by atoms with Crippen LogP contribution in [0.3, 0.4) is 0 Å². The summed E-state index contributed by atoms with van der Waals surface area (Å²) in [5, 5.41) is 12.7. The molecule has 0 bridgehead atoms. The fourth-order valence-electron chi connectivity index (χ4n) is 8.44. The summed E-state index contributed by atoms with van der Waals surface area (Å²) in [6.07, 6.45) is 2.27. The van der Waals surface area contributed by atoms with Gasteiger partial charge in [0.2, 0.25) is 0 Å². The molecule has 7 aromatic rings. The Morgan fingerprint density at radius 2 is 1.57 bits per heavy atom. The quantitative estimate of drug-likeness (QED) is 0.130. The molecule has 11 nitrogen and oxygen atoms in total. The number of hydrogen-bond acceptors (Lipinski definition) is 8. The van der Waals surface area contributed by atoms with Gasteiger partial charge in [0, 0.05) is 43.7 Å². The maximum atomic E-state index is 13.0. The number of fused-ring (bicyclic) bond motifs is 2. The number of aromatic nitrogens is 4. The third kappa shape index (κ3) is 7.81. The van der Waals surface area contributed by atoms with E-state index < -0.39 is 6.29 Å². The normalized spacial score (nSPS) is 20.4. The van der Waals surface area contributed by atoms with Crippen molar-refractivity contribution in [2.24, 2.45) is 5.92 Å². The van der Waals surface area contributed by atoms with Gasteiger partial charge in [0.25, 0.3) is 5.91 Å². The molecule has 9 rings (SSSR count). The molecule has 11 heteroatoms. The molecule has 3 N–H and O–H groups in total. The smallest absolute Gasteiger partial charge is 0.326 e. The van der Waals surface area contributed by atoms with Crippen molar-refractivity contribution in [3.05, 3.63) is 166 Å². The first-order valence-corrected chi connectivity index (χ1v) is 20.0. The Kier molecular flexibility index (Phi) is 10.7. The minimum atomic E-state index is -0.614. The lowest BCUT2D eigenvalue weighted by molar-refractivity contribution is -0.276. The molecule has 4 atom stereocenters. The zero-order chi connectivity index (χ0) is 39.6. The number of amides is 1. The van der Waals surface area contributed by atoms with Gasteiger partial charge in [0.15, 0.2) is 6.29 Å². The summed E-state index contributed by atoms with van der Waals surface area (Å²) in [6.45, 7) is 4.95. The number of aliphatic hydroxyl groups is 1. The molecule has 2 aliphatic heterocycles. The number of aliphatic hydroxyl groups excluding tert-OH is 1. The largest absolute Gasteiger partial charge is 0.392 e. The summed E-state index contributed by atoms with van der Waals surface area (Å²) in [4.78, 5) is 40.3. The minimum Gasteiger partial charge on any atom is -0.392 e. The fourth-order valence-corrected chi connectivity index (χ4v) is 8.44. The van der Waals surface area contributed by atoms with E-state index in [1.165, 1.54) is 6.20 Å². The summed E-state index contributed by atoms with van der Waals surface area (Å²) < 4.78 is 15.6. The lowest BCUT2D eigenvalue weighted by Gasteiger charge is -2.44. The number of para-hydroxylation sites is 4. The van der Waals surface area contributed by atoms with Crippen molar-refractivity contribution in [1.29, 1.82) is 0 Å². The number of H-pyrrole nitrogens is 1. The van der Waals surface area contributed by atoms with E-state index in [0.29, 0.717) is 12.1 Å². The molecule has 294 valence electrons. The Hall–Kier alpha value is -5.98. The number of benzene rings is 5. The summed E-state index contributed by atoms with van der Waals surface area (Å²) in [5.74, 6) is -0.239. The highest BCUT2D eigenvalue weighted by Gasteiger charge is 2.40. The van der Waals surface area contributed by atoms with Gasteiger partial charge in [0.05, 0.1) is 47.1 Å².